The van der Waals surface area contributed by atoms with Gasteiger partial charge in [0.1, 0.15) is 12.2 Å². The molecular formula is C19H25ClN4O3. The Bertz CT molecular complexity index is 798. The van der Waals surface area contributed by atoms with Crippen LogP contribution in [0.2, 0.25) is 5.02 Å². The molecule has 1 fully saturated rings. The molecule has 0 bridgehead atoms. The van der Waals surface area contributed by atoms with Crippen molar-refractivity contribution >= 4 is 17.7 Å². The second-order valence-electron chi connectivity index (χ2n) is 7.68. The lowest BCUT2D eigenvalue weighted by molar-refractivity contribution is 0.0215. The van der Waals surface area contributed by atoms with E-state index in [2.05, 4.69) is 10.2 Å². The largest absolute Gasteiger partial charge is 0.444 e. The number of hydrogen-bond donors (Lipinski definition) is 1. The fourth-order valence-corrected chi connectivity index (χ4v) is 3.36. The van der Waals surface area contributed by atoms with Gasteiger partial charge in [0, 0.05) is 11.6 Å². The SMILES string of the molecule is CC(C)(C)OC(=O)N1CCCC1c1nnc(CO)n1Cc1ccc(Cl)cc1. The number of carbonyl (C=O) groups is 1. The monoisotopic (exact) mass is 392 g/mol. The molecule has 1 atom stereocenters. The Kier molecular flexibility index (Phi) is 5.72. The predicted octanol–water partition coefficient (Wildman–Crippen LogP) is 3.54. The van der Waals surface area contributed by atoms with Crippen LogP contribution in [0.4, 0.5) is 4.79 Å². The number of amides is 1. The van der Waals surface area contributed by atoms with Crippen molar-refractivity contribution in [1.29, 1.82) is 0 Å². The number of rotatable bonds is 4. The zero-order valence-electron chi connectivity index (χ0n) is 15.9. The standard InChI is InChI=1S/C19H25ClN4O3/c1-19(2,3)27-18(26)23-10-4-5-15(23)17-22-21-16(12-25)24(17)11-13-6-8-14(20)9-7-13/h6-9,15,25H,4-5,10-12H2,1-3H3. The molecule has 2 aromatic rings. The molecular weight excluding hydrogens is 368 g/mol. The fourth-order valence-electron chi connectivity index (χ4n) is 3.23. The highest BCUT2D eigenvalue weighted by Gasteiger charge is 2.36. The Morgan fingerprint density at radius 2 is 2.00 bits per heavy atom. The zero-order chi connectivity index (χ0) is 19.6. The van der Waals surface area contributed by atoms with Gasteiger partial charge in [0.15, 0.2) is 11.6 Å². The molecule has 1 N–H and O–H groups in total. The lowest BCUT2D eigenvalue weighted by Crippen LogP contribution is -2.37. The van der Waals surface area contributed by atoms with Gasteiger partial charge in [-0.05, 0) is 51.3 Å². The first-order valence-corrected chi connectivity index (χ1v) is 9.43. The van der Waals surface area contributed by atoms with Crippen LogP contribution in [0, 0.1) is 0 Å². The van der Waals surface area contributed by atoms with E-state index in [4.69, 9.17) is 16.3 Å². The summed E-state index contributed by atoms with van der Waals surface area (Å²) in [7, 11) is 0. The van der Waals surface area contributed by atoms with E-state index in [0.29, 0.717) is 29.8 Å². The predicted molar refractivity (Wildman–Crippen MR) is 101 cm³/mol. The molecule has 7 nitrogen and oxygen atoms in total. The van der Waals surface area contributed by atoms with Gasteiger partial charge in [0.05, 0.1) is 12.6 Å². The molecule has 146 valence electrons. The molecule has 1 aromatic heterocycles. The van der Waals surface area contributed by atoms with Gasteiger partial charge in [0.25, 0.3) is 0 Å². The Morgan fingerprint density at radius 3 is 2.63 bits per heavy atom. The number of halogens is 1. The second-order valence-corrected chi connectivity index (χ2v) is 8.11. The second kappa shape index (κ2) is 7.86. The van der Waals surface area contributed by atoms with Gasteiger partial charge in [0.2, 0.25) is 0 Å². The first kappa shape index (κ1) is 19.6. The molecule has 0 radical (unpaired) electrons. The van der Waals surface area contributed by atoms with Crippen molar-refractivity contribution < 1.29 is 14.6 Å². The van der Waals surface area contributed by atoms with Gasteiger partial charge < -0.3 is 14.4 Å². The van der Waals surface area contributed by atoms with Crippen LogP contribution in [-0.2, 0) is 17.9 Å². The lowest BCUT2D eigenvalue weighted by Gasteiger charge is -2.28. The molecule has 1 aliphatic heterocycles. The highest BCUT2D eigenvalue weighted by Crippen LogP contribution is 2.33. The van der Waals surface area contributed by atoms with Crippen molar-refractivity contribution in [2.75, 3.05) is 6.54 Å². The summed E-state index contributed by atoms with van der Waals surface area (Å²) in [5.41, 5.74) is 0.453. The van der Waals surface area contributed by atoms with Gasteiger partial charge in [-0.2, -0.15) is 0 Å². The van der Waals surface area contributed by atoms with Crippen LogP contribution in [0.15, 0.2) is 24.3 Å². The molecule has 1 saturated heterocycles. The zero-order valence-corrected chi connectivity index (χ0v) is 16.6. The van der Waals surface area contributed by atoms with Gasteiger partial charge in [-0.15, -0.1) is 10.2 Å². The van der Waals surface area contributed by atoms with Crippen molar-refractivity contribution in [3.8, 4) is 0 Å². The highest BCUT2D eigenvalue weighted by atomic mass is 35.5. The fraction of sp³-hybridized carbons (Fsp3) is 0.526. The van der Waals surface area contributed by atoms with E-state index >= 15 is 0 Å². The van der Waals surface area contributed by atoms with E-state index in [9.17, 15) is 9.90 Å². The molecule has 3 rings (SSSR count). The Labute approximate surface area is 163 Å². The van der Waals surface area contributed by atoms with E-state index in [-0.39, 0.29) is 18.7 Å². The minimum absolute atomic E-state index is 0.222. The summed E-state index contributed by atoms with van der Waals surface area (Å²) < 4.78 is 7.41. The number of hydrogen-bond acceptors (Lipinski definition) is 5. The molecule has 1 aromatic carbocycles. The lowest BCUT2D eigenvalue weighted by atomic mass is 10.2. The minimum atomic E-state index is -0.558. The molecule has 1 unspecified atom stereocenters. The normalized spacial score (nSPS) is 17.4. The van der Waals surface area contributed by atoms with Crippen molar-refractivity contribution in [1.82, 2.24) is 19.7 Å². The van der Waals surface area contributed by atoms with Crippen molar-refractivity contribution in [3.63, 3.8) is 0 Å². The maximum absolute atomic E-state index is 12.6. The molecule has 8 heteroatoms. The first-order valence-electron chi connectivity index (χ1n) is 9.05. The van der Waals surface area contributed by atoms with E-state index in [1.165, 1.54) is 0 Å². The topological polar surface area (TPSA) is 80.5 Å². The van der Waals surface area contributed by atoms with Crippen LogP contribution in [0.5, 0.6) is 0 Å². The van der Waals surface area contributed by atoms with Gasteiger partial charge in [-0.1, -0.05) is 23.7 Å². The third-order valence-corrected chi connectivity index (χ3v) is 4.68. The molecule has 0 aliphatic carbocycles. The Morgan fingerprint density at radius 1 is 1.30 bits per heavy atom. The molecule has 27 heavy (non-hydrogen) atoms. The van der Waals surface area contributed by atoms with Gasteiger partial charge >= 0.3 is 6.09 Å². The molecule has 0 saturated carbocycles. The van der Waals surface area contributed by atoms with Gasteiger partial charge in [-0.25, -0.2) is 4.79 Å². The van der Waals surface area contributed by atoms with Crippen molar-refractivity contribution in [3.05, 3.63) is 46.5 Å². The van der Waals surface area contributed by atoms with E-state index in [0.717, 1.165) is 18.4 Å². The molecule has 0 spiro atoms. The number of carbonyl (C=O) groups excluding carboxylic acids is 1. The molecule has 2 heterocycles. The van der Waals surface area contributed by atoms with Crippen LogP contribution in [0.1, 0.15) is 56.9 Å². The van der Waals surface area contributed by atoms with E-state index in [1.54, 1.807) is 4.90 Å². The number of aliphatic hydroxyl groups excluding tert-OH is 1. The smallest absolute Gasteiger partial charge is 0.410 e. The summed E-state index contributed by atoms with van der Waals surface area (Å²) in [5.74, 6) is 1.13. The third kappa shape index (κ3) is 4.59. The summed E-state index contributed by atoms with van der Waals surface area (Å²) in [6.45, 7) is 6.43. The number of aromatic nitrogens is 3. The maximum Gasteiger partial charge on any atom is 0.410 e. The summed E-state index contributed by atoms with van der Waals surface area (Å²) in [4.78, 5) is 14.3. The highest BCUT2D eigenvalue weighted by molar-refractivity contribution is 6.30. The summed E-state index contributed by atoms with van der Waals surface area (Å²) in [6.07, 6.45) is 1.30. The van der Waals surface area contributed by atoms with E-state index in [1.807, 2.05) is 49.6 Å². The van der Waals surface area contributed by atoms with Gasteiger partial charge in [-0.3, -0.25) is 4.90 Å². The first-order chi connectivity index (χ1) is 12.8. The maximum atomic E-state index is 12.6. The number of benzene rings is 1. The van der Waals surface area contributed by atoms with Crippen LogP contribution in [-0.4, -0.2) is 43.0 Å². The van der Waals surface area contributed by atoms with E-state index < -0.39 is 5.60 Å². The minimum Gasteiger partial charge on any atom is -0.444 e. The number of aliphatic hydroxyl groups is 1. The van der Waals surface area contributed by atoms with Crippen LogP contribution in [0.3, 0.4) is 0 Å². The summed E-state index contributed by atoms with van der Waals surface area (Å²) >= 11 is 5.96. The average Bonchev–Trinajstić information content (AvgIpc) is 3.21. The van der Waals surface area contributed by atoms with Crippen LogP contribution in [0.25, 0.3) is 0 Å². The Balaban J connectivity index is 1.88. The molecule has 1 amide bonds. The third-order valence-electron chi connectivity index (χ3n) is 4.43. The van der Waals surface area contributed by atoms with Crippen molar-refractivity contribution in [2.24, 2.45) is 0 Å². The molecule has 1 aliphatic rings. The Hall–Kier alpha value is -2.12. The number of likely N-dealkylation sites (tertiary alicyclic amines) is 1. The summed E-state index contributed by atoms with van der Waals surface area (Å²) in [5, 5.41) is 18.7. The number of ether oxygens (including phenoxy) is 1. The summed E-state index contributed by atoms with van der Waals surface area (Å²) in [6, 6.07) is 7.27. The average molecular weight is 393 g/mol. The quantitative estimate of drug-likeness (QED) is 0.860. The van der Waals surface area contributed by atoms with Crippen LogP contribution < -0.4 is 0 Å². The van der Waals surface area contributed by atoms with Crippen molar-refractivity contribution in [2.45, 2.75) is 58.4 Å². The number of nitrogens with zero attached hydrogens (tertiary/aromatic N) is 4. The van der Waals surface area contributed by atoms with Crippen LogP contribution >= 0.6 is 11.6 Å².